The first-order chi connectivity index (χ1) is 12.2. The second-order valence-corrected chi connectivity index (χ2v) is 5.86. The summed E-state index contributed by atoms with van der Waals surface area (Å²) in [6.45, 7) is 7.50. The molecule has 138 valence electrons. The summed E-state index contributed by atoms with van der Waals surface area (Å²) in [4.78, 5) is 13.4. The van der Waals surface area contributed by atoms with Crippen LogP contribution in [0, 0.1) is 0 Å². The van der Waals surface area contributed by atoms with Crippen molar-refractivity contribution < 1.29 is 9.90 Å². The molecule has 3 heteroatoms. The first kappa shape index (κ1) is 22.8. The van der Waals surface area contributed by atoms with Crippen LogP contribution in [0.3, 0.4) is 0 Å². The van der Waals surface area contributed by atoms with Crippen LogP contribution in [0.2, 0.25) is 0 Å². The maximum atomic E-state index is 9.25. The van der Waals surface area contributed by atoms with Crippen molar-refractivity contribution >= 4 is 16.9 Å². The van der Waals surface area contributed by atoms with Gasteiger partial charge < -0.3 is 5.11 Å². The highest BCUT2D eigenvalue weighted by atomic mass is 16.4. The number of rotatable bonds is 8. The Kier molecular flexibility index (Phi) is 15.2. The lowest BCUT2D eigenvalue weighted by Gasteiger charge is -1.97. The summed E-state index contributed by atoms with van der Waals surface area (Å²) in [5.74, 6) is -0.981. The fourth-order valence-electron chi connectivity index (χ4n) is 2.22. The number of benzene rings is 1. The molecule has 1 heterocycles. The Morgan fingerprint density at radius 2 is 1.44 bits per heavy atom. The molecular formula is C22H33NO2. The number of nitrogens with zero attached hydrogens (tertiary/aromatic N) is 1. The van der Waals surface area contributed by atoms with Crippen molar-refractivity contribution in [2.45, 2.75) is 65.2 Å². The van der Waals surface area contributed by atoms with E-state index in [2.05, 4.69) is 37.5 Å². The van der Waals surface area contributed by atoms with Gasteiger partial charge in [-0.2, -0.15) is 0 Å². The van der Waals surface area contributed by atoms with Gasteiger partial charge >= 0.3 is 5.97 Å². The number of para-hydroxylation sites is 1. The summed E-state index contributed by atoms with van der Waals surface area (Å²) in [5, 5.41) is 8.80. The highest BCUT2D eigenvalue weighted by Gasteiger charge is 1.88. The van der Waals surface area contributed by atoms with Gasteiger partial charge in [-0.3, -0.25) is 4.98 Å². The van der Waals surface area contributed by atoms with Gasteiger partial charge in [-0.25, -0.2) is 4.79 Å². The van der Waals surface area contributed by atoms with Crippen LogP contribution in [-0.2, 0) is 4.79 Å². The number of carboxylic acid groups (broad SMARTS) is 1. The van der Waals surface area contributed by atoms with Gasteiger partial charge in [0, 0.05) is 17.7 Å². The van der Waals surface area contributed by atoms with Gasteiger partial charge in [-0.05, 0) is 12.1 Å². The Balaban J connectivity index is 0.000000368. The van der Waals surface area contributed by atoms with Crippen LogP contribution in [-0.4, -0.2) is 16.1 Å². The van der Waals surface area contributed by atoms with Crippen molar-refractivity contribution in [1.29, 1.82) is 0 Å². The quantitative estimate of drug-likeness (QED) is 0.432. The zero-order valence-electron chi connectivity index (χ0n) is 15.8. The zero-order chi connectivity index (χ0) is 18.8. The van der Waals surface area contributed by atoms with Crippen LogP contribution in [0.4, 0.5) is 0 Å². The minimum absolute atomic E-state index is 0.833. The summed E-state index contributed by atoms with van der Waals surface area (Å²) in [6.07, 6.45) is 14.1. The molecule has 25 heavy (non-hydrogen) atoms. The molecule has 0 aliphatic heterocycles. The van der Waals surface area contributed by atoms with Crippen molar-refractivity contribution in [3.05, 3.63) is 55.3 Å². The number of carboxylic acids is 1. The molecule has 0 radical (unpaired) electrons. The number of aromatic nitrogens is 1. The maximum Gasteiger partial charge on any atom is 0.327 e. The minimum atomic E-state index is -0.981. The minimum Gasteiger partial charge on any atom is -0.478 e. The van der Waals surface area contributed by atoms with E-state index in [0.717, 1.165) is 11.6 Å². The number of aliphatic carboxylic acids is 1. The smallest absolute Gasteiger partial charge is 0.327 e. The summed E-state index contributed by atoms with van der Waals surface area (Å²) >= 11 is 0. The first-order valence-corrected chi connectivity index (χ1v) is 9.30. The summed E-state index contributed by atoms with van der Waals surface area (Å²) in [7, 11) is 0. The van der Waals surface area contributed by atoms with Gasteiger partial charge in [0.2, 0.25) is 0 Å². The lowest BCUT2D eigenvalue weighted by molar-refractivity contribution is -0.131. The Hall–Kier alpha value is -2.16. The normalized spacial score (nSPS) is 9.36. The number of hydrogen-bond donors (Lipinski definition) is 1. The molecule has 0 fully saturated rings. The van der Waals surface area contributed by atoms with Gasteiger partial charge in [-0.15, -0.1) is 0 Å². The van der Waals surface area contributed by atoms with Crippen LogP contribution in [0.15, 0.2) is 55.3 Å². The maximum absolute atomic E-state index is 9.25. The fraction of sp³-hybridized carbons (Fsp3) is 0.455. The Morgan fingerprint density at radius 3 is 1.92 bits per heavy atom. The standard InChI is InChI=1S/C10H22.C9H7N.C3H4O2/c1-3-5-7-9-10-8-6-4-2;1-2-6-9-8(4-1)5-3-7-10-9;1-2-3(4)5/h3-10H2,1-2H3;1-7H;2H,1H2,(H,4,5). The molecule has 0 aliphatic carbocycles. The first-order valence-electron chi connectivity index (χ1n) is 9.30. The molecule has 1 aromatic carbocycles. The monoisotopic (exact) mass is 343 g/mol. The number of fused-ring (bicyclic) bond motifs is 1. The zero-order valence-corrected chi connectivity index (χ0v) is 15.8. The van der Waals surface area contributed by atoms with Crippen LogP contribution < -0.4 is 0 Å². The van der Waals surface area contributed by atoms with Crippen LogP contribution in [0.1, 0.15) is 65.2 Å². The number of pyridine rings is 1. The van der Waals surface area contributed by atoms with Crippen molar-refractivity contribution in [3.63, 3.8) is 0 Å². The van der Waals surface area contributed by atoms with Gasteiger partial charge in [-0.1, -0.05) is 96.1 Å². The molecule has 0 spiro atoms. The predicted octanol–water partition coefficient (Wildman–Crippen LogP) is 6.64. The summed E-state index contributed by atoms with van der Waals surface area (Å²) < 4.78 is 0. The van der Waals surface area contributed by atoms with Crippen molar-refractivity contribution in [2.75, 3.05) is 0 Å². The molecular weight excluding hydrogens is 310 g/mol. The largest absolute Gasteiger partial charge is 0.478 e. The van der Waals surface area contributed by atoms with Gasteiger partial charge in [0.05, 0.1) is 5.52 Å². The van der Waals surface area contributed by atoms with E-state index in [1.54, 1.807) is 0 Å². The van der Waals surface area contributed by atoms with Crippen LogP contribution in [0.25, 0.3) is 10.9 Å². The molecule has 0 unspecified atom stereocenters. The van der Waals surface area contributed by atoms with E-state index >= 15 is 0 Å². The molecule has 0 aliphatic rings. The molecule has 0 bridgehead atoms. The fourth-order valence-corrected chi connectivity index (χ4v) is 2.22. The van der Waals surface area contributed by atoms with Crippen molar-refractivity contribution in [1.82, 2.24) is 4.98 Å². The lowest BCUT2D eigenvalue weighted by atomic mass is 10.1. The van der Waals surface area contributed by atoms with E-state index in [1.165, 1.54) is 56.8 Å². The Bertz CT molecular complexity index is 508. The summed E-state index contributed by atoms with van der Waals surface area (Å²) in [6, 6.07) is 12.1. The van der Waals surface area contributed by atoms with Crippen molar-refractivity contribution in [3.8, 4) is 0 Å². The average Bonchev–Trinajstić information content (AvgIpc) is 2.66. The third-order valence-electron chi connectivity index (χ3n) is 3.64. The molecule has 1 aromatic heterocycles. The third kappa shape index (κ3) is 13.9. The molecule has 0 saturated heterocycles. The number of carbonyl (C=O) groups is 1. The molecule has 2 rings (SSSR count). The Labute approximate surface area is 152 Å². The van der Waals surface area contributed by atoms with E-state index in [9.17, 15) is 4.79 Å². The lowest BCUT2D eigenvalue weighted by Crippen LogP contribution is -1.82. The highest BCUT2D eigenvalue weighted by Crippen LogP contribution is 2.08. The molecule has 0 atom stereocenters. The van der Waals surface area contributed by atoms with Crippen LogP contribution in [0.5, 0.6) is 0 Å². The van der Waals surface area contributed by atoms with E-state index in [-0.39, 0.29) is 0 Å². The molecule has 0 amide bonds. The van der Waals surface area contributed by atoms with Crippen molar-refractivity contribution in [2.24, 2.45) is 0 Å². The molecule has 2 aromatic rings. The molecule has 1 N–H and O–H groups in total. The van der Waals surface area contributed by atoms with Gasteiger partial charge in [0.1, 0.15) is 0 Å². The molecule has 0 saturated carbocycles. The SMILES string of the molecule is C=CC(=O)O.CCCCCCCCCC.c1ccc2ncccc2c1. The second-order valence-electron chi connectivity index (χ2n) is 5.86. The van der Waals surface area contributed by atoms with E-state index in [1.807, 2.05) is 30.5 Å². The van der Waals surface area contributed by atoms with E-state index in [4.69, 9.17) is 5.11 Å². The van der Waals surface area contributed by atoms with Gasteiger partial charge in [0.15, 0.2) is 0 Å². The Morgan fingerprint density at radius 1 is 0.960 bits per heavy atom. The third-order valence-corrected chi connectivity index (χ3v) is 3.64. The number of hydrogen-bond acceptors (Lipinski definition) is 2. The molecule has 3 nitrogen and oxygen atoms in total. The topological polar surface area (TPSA) is 50.2 Å². The van der Waals surface area contributed by atoms with E-state index in [0.29, 0.717) is 0 Å². The summed E-state index contributed by atoms with van der Waals surface area (Å²) in [5.41, 5.74) is 1.06. The highest BCUT2D eigenvalue weighted by molar-refractivity contribution is 5.79. The number of unbranched alkanes of at least 4 members (excludes halogenated alkanes) is 7. The van der Waals surface area contributed by atoms with E-state index < -0.39 is 5.97 Å². The van der Waals surface area contributed by atoms with Gasteiger partial charge in [0.25, 0.3) is 0 Å². The predicted molar refractivity (Wildman–Crippen MR) is 108 cm³/mol. The average molecular weight is 344 g/mol. The van der Waals surface area contributed by atoms with Crippen LogP contribution >= 0.6 is 0 Å². The second kappa shape index (κ2) is 16.7.